The third-order valence-corrected chi connectivity index (χ3v) is 1.36. The van der Waals surface area contributed by atoms with Gasteiger partial charge in [-0.2, -0.15) is 18.3 Å². The SMILES string of the molecule is OCc1nc(CCC(F)(F)F)n[nH]1. The van der Waals surface area contributed by atoms with E-state index in [-0.39, 0.29) is 24.7 Å². The van der Waals surface area contributed by atoms with E-state index < -0.39 is 12.6 Å². The van der Waals surface area contributed by atoms with Crippen LogP contribution in [0.4, 0.5) is 13.2 Å². The van der Waals surface area contributed by atoms with Crippen LogP contribution in [0.15, 0.2) is 0 Å². The molecule has 13 heavy (non-hydrogen) atoms. The minimum Gasteiger partial charge on any atom is -0.388 e. The Hall–Kier alpha value is -1.11. The highest BCUT2D eigenvalue weighted by molar-refractivity contribution is 4.89. The lowest BCUT2D eigenvalue weighted by Crippen LogP contribution is -2.09. The lowest BCUT2D eigenvalue weighted by Gasteiger charge is -2.02. The van der Waals surface area contributed by atoms with Gasteiger partial charge in [-0.1, -0.05) is 0 Å². The fourth-order valence-electron chi connectivity index (χ4n) is 0.771. The molecule has 0 spiro atoms. The standard InChI is InChI=1S/C6H8F3N3O/c7-6(8,9)2-1-4-10-5(3-13)12-11-4/h13H,1-3H2,(H,10,11,12). The van der Waals surface area contributed by atoms with E-state index >= 15 is 0 Å². The van der Waals surface area contributed by atoms with Crippen LogP contribution in [0.2, 0.25) is 0 Å². The normalized spacial score (nSPS) is 12.0. The number of halogens is 3. The number of rotatable bonds is 3. The van der Waals surface area contributed by atoms with Crippen molar-refractivity contribution < 1.29 is 18.3 Å². The largest absolute Gasteiger partial charge is 0.389 e. The molecule has 1 heterocycles. The number of aliphatic hydroxyl groups excluding tert-OH is 1. The summed E-state index contributed by atoms with van der Waals surface area (Å²) in [5.41, 5.74) is 0. The summed E-state index contributed by atoms with van der Waals surface area (Å²) in [6.07, 6.45) is -5.41. The molecule has 0 aliphatic carbocycles. The molecule has 2 N–H and O–H groups in total. The highest BCUT2D eigenvalue weighted by Gasteiger charge is 2.27. The Balaban J connectivity index is 2.46. The first kappa shape index (κ1) is 9.97. The maximum atomic E-state index is 11.7. The molecule has 0 bridgehead atoms. The minimum atomic E-state index is -4.19. The first-order chi connectivity index (χ1) is 6.01. The number of hydrogen-bond donors (Lipinski definition) is 2. The first-order valence-electron chi connectivity index (χ1n) is 3.59. The Morgan fingerprint density at radius 3 is 2.54 bits per heavy atom. The summed E-state index contributed by atoms with van der Waals surface area (Å²) in [6, 6.07) is 0. The van der Waals surface area contributed by atoms with Crippen molar-refractivity contribution in [2.24, 2.45) is 0 Å². The van der Waals surface area contributed by atoms with E-state index in [1.165, 1.54) is 0 Å². The van der Waals surface area contributed by atoms with E-state index in [1.54, 1.807) is 0 Å². The van der Waals surface area contributed by atoms with E-state index in [0.717, 1.165) is 0 Å². The number of aryl methyl sites for hydroxylation is 1. The molecule has 1 aromatic heterocycles. The number of H-pyrrole nitrogens is 1. The molecule has 0 unspecified atom stereocenters. The van der Waals surface area contributed by atoms with Gasteiger partial charge >= 0.3 is 6.18 Å². The molecule has 1 rings (SSSR count). The summed E-state index contributed by atoms with van der Waals surface area (Å²) in [4.78, 5) is 3.62. The van der Waals surface area contributed by atoms with Crippen LogP contribution >= 0.6 is 0 Å². The molecule has 0 saturated carbocycles. The molecule has 1 aromatic rings. The summed E-state index contributed by atoms with van der Waals surface area (Å²) >= 11 is 0. The molecule has 0 aliphatic rings. The zero-order valence-electron chi connectivity index (χ0n) is 6.60. The monoisotopic (exact) mass is 195 g/mol. The highest BCUT2D eigenvalue weighted by Crippen LogP contribution is 2.20. The van der Waals surface area contributed by atoms with Crippen LogP contribution in [0.3, 0.4) is 0 Å². The predicted octanol–water partition coefficient (Wildman–Crippen LogP) is 0.792. The maximum Gasteiger partial charge on any atom is 0.389 e. The van der Waals surface area contributed by atoms with Crippen molar-refractivity contribution >= 4 is 0 Å². The third kappa shape index (κ3) is 3.41. The van der Waals surface area contributed by atoms with Crippen LogP contribution in [0.5, 0.6) is 0 Å². The smallest absolute Gasteiger partial charge is 0.388 e. The van der Waals surface area contributed by atoms with Gasteiger partial charge in [-0.25, -0.2) is 4.98 Å². The second-order valence-electron chi connectivity index (χ2n) is 2.47. The number of nitrogens with zero attached hydrogens (tertiary/aromatic N) is 2. The van der Waals surface area contributed by atoms with Crippen molar-refractivity contribution in [2.75, 3.05) is 0 Å². The van der Waals surface area contributed by atoms with Gasteiger partial charge in [0.25, 0.3) is 0 Å². The molecule has 0 radical (unpaired) electrons. The molecule has 74 valence electrons. The van der Waals surface area contributed by atoms with Crippen molar-refractivity contribution in [3.63, 3.8) is 0 Å². The van der Waals surface area contributed by atoms with Crippen molar-refractivity contribution in [2.45, 2.75) is 25.6 Å². The second-order valence-corrected chi connectivity index (χ2v) is 2.47. The van der Waals surface area contributed by atoms with Crippen molar-refractivity contribution in [3.05, 3.63) is 11.6 Å². The average molecular weight is 195 g/mol. The van der Waals surface area contributed by atoms with E-state index in [2.05, 4.69) is 15.2 Å². The first-order valence-corrected chi connectivity index (χ1v) is 3.59. The van der Waals surface area contributed by atoms with Crippen LogP contribution in [0.25, 0.3) is 0 Å². The summed E-state index contributed by atoms with van der Waals surface area (Å²) in [5.74, 6) is 0.249. The fourth-order valence-corrected chi connectivity index (χ4v) is 0.771. The molecule has 0 aliphatic heterocycles. The van der Waals surface area contributed by atoms with Gasteiger partial charge < -0.3 is 5.11 Å². The number of aliphatic hydroxyl groups is 1. The molecule has 7 heteroatoms. The van der Waals surface area contributed by atoms with Gasteiger partial charge in [0.1, 0.15) is 12.4 Å². The van der Waals surface area contributed by atoms with Gasteiger partial charge in [0, 0.05) is 6.42 Å². The van der Waals surface area contributed by atoms with Crippen LogP contribution < -0.4 is 0 Å². The fraction of sp³-hybridized carbons (Fsp3) is 0.667. The number of nitrogens with one attached hydrogen (secondary N) is 1. The minimum absolute atomic E-state index is 0.0707. The molecule has 4 nitrogen and oxygen atoms in total. The van der Waals surface area contributed by atoms with Crippen LogP contribution in [0, 0.1) is 0 Å². The lowest BCUT2D eigenvalue weighted by atomic mass is 10.3. The Morgan fingerprint density at radius 2 is 2.08 bits per heavy atom. The molecule has 0 amide bonds. The van der Waals surface area contributed by atoms with Gasteiger partial charge in [-0.05, 0) is 0 Å². The Morgan fingerprint density at radius 1 is 1.38 bits per heavy atom. The van der Waals surface area contributed by atoms with Crippen LogP contribution in [0.1, 0.15) is 18.1 Å². The summed E-state index contributed by atoms with van der Waals surface area (Å²) < 4.78 is 35.1. The van der Waals surface area contributed by atoms with E-state index in [1.807, 2.05) is 0 Å². The lowest BCUT2D eigenvalue weighted by molar-refractivity contribution is -0.134. The van der Waals surface area contributed by atoms with Crippen LogP contribution in [-0.4, -0.2) is 26.5 Å². The molecular weight excluding hydrogens is 187 g/mol. The summed E-state index contributed by atoms with van der Waals surface area (Å²) in [5, 5.41) is 14.3. The van der Waals surface area contributed by atoms with Gasteiger partial charge in [0.2, 0.25) is 0 Å². The number of alkyl halides is 3. The average Bonchev–Trinajstić information content (AvgIpc) is 2.47. The molecule has 0 atom stereocenters. The highest BCUT2D eigenvalue weighted by atomic mass is 19.4. The Kier molecular flexibility index (Phi) is 2.86. The number of aromatic amines is 1. The molecule has 0 aromatic carbocycles. The van der Waals surface area contributed by atoms with Gasteiger partial charge in [-0.15, -0.1) is 0 Å². The van der Waals surface area contributed by atoms with E-state index in [4.69, 9.17) is 5.11 Å². The number of hydrogen-bond acceptors (Lipinski definition) is 3. The number of aromatic nitrogens is 3. The summed E-state index contributed by atoms with van der Waals surface area (Å²) in [6.45, 7) is -0.348. The van der Waals surface area contributed by atoms with Gasteiger partial charge in [-0.3, -0.25) is 5.10 Å². The molecule has 0 fully saturated rings. The maximum absolute atomic E-state index is 11.7. The topological polar surface area (TPSA) is 61.8 Å². The zero-order chi connectivity index (χ0) is 9.90. The third-order valence-electron chi connectivity index (χ3n) is 1.36. The van der Waals surface area contributed by atoms with E-state index in [9.17, 15) is 13.2 Å². The summed E-state index contributed by atoms with van der Waals surface area (Å²) in [7, 11) is 0. The van der Waals surface area contributed by atoms with Crippen molar-refractivity contribution in [1.82, 2.24) is 15.2 Å². The van der Waals surface area contributed by atoms with Gasteiger partial charge in [0.15, 0.2) is 5.82 Å². The zero-order valence-corrected chi connectivity index (χ0v) is 6.60. The Labute approximate surface area is 71.8 Å². The quantitative estimate of drug-likeness (QED) is 0.749. The van der Waals surface area contributed by atoms with Crippen molar-refractivity contribution in [1.29, 1.82) is 0 Å². The second kappa shape index (κ2) is 3.73. The molecule has 0 saturated heterocycles. The van der Waals surface area contributed by atoms with Crippen molar-refractivity contribution in [3.8, 4) is 0 Å². The van der Waals surface area contributed by atoms with Crippen LogP contribution in [-0.2, 0) is 13.0 Å². The van der Waals surface area contributed by atoms with E-state index in [0.29, 0.717) is 0 Å². The molecular formula is C6H8F3N3O. The van der Waals surface area contributed by atoms with Gasteiger partial charge in [0.05, 0.1) is 6.42 Å². The Bertz CT molecular complexity index is 270. The predicted molar refractivity (Wildman–Crippen MR) is 36.7 cm³/mol.